The molecule has 0 radical (unpaired) electrons. The molecule has 0 atom stereocenters. The summed E-state index contributed by atoms with van der Waals surface area (Å²) < 4.78 is 55.5. The number of carboxylic acid groups (broad SMARTS) is 2. The van der Waals surface area contributed by atoms with Gasteiger partial charge >= 0.3 is 11.9 Å². The number of rotatable bonds is 17. The van der Waals surface area contributed by atoms with Crippen molar-refractivity contribution in [1.29, 1.82) is 0 Å². The highest BCUT2D eigenvalue weighted by molar-refractivity contribution is 7.93. The molecule has 0 fully saturated rings. The Morgan fingerprint density at radius 1 is 0.525 bits per heavy atom. The predicted molar refractivity (Wildman–Crippen MR) is 233 cm³/mol. The molecule has 0 aliphatic heterocycles. The van der Waals surface area contributed by atoms with E-state index in [0.717, 1.165) is 53.5 Å². The maximum Gasteiger partial charge on any atom is 0.335 e. The molecule has 0 heterocycles. The van der Waals surface area contributed by atoms with E-state index in [1.165, 1.54) is 24.3 Å². The number of hydrogen-bond donors (Lipinski definition) is 4. The first-order chi connectivity index (χ1) is 28.2. The number of carbonyl (C=O) groups is 2. The minimum Gasteiger partial charge on any atom is -0.478 e. The van der Waals surface area contributed by atoms with Gasteiger partial charge in [-0.2, -0.15) is 0 Å². The summed E-state index contributed by atoms with van der Waals surface area (Å²) in [6, 6.07) is 41.0. The number of carboxylic acids is 2. The molecule has 10 nitrogen and oxygen atoms in total. The third-order valence-corrected chi connectivity index (χ3v) is 12.4. The van der Waals surface area contributed by atoms with E-state index in [1.807, 2.05) is 48.5 Å². The Morgan fingerprint density at radius 2 is 1.03 bits per heavy atom. The molecule has 0 saturated carbocycles. The van der Waals surface area contributed by atoms with E-state index >= 15 is 0 Å². The maximum atomic E-state index is 12.7. The van der Waals surface area contributed by atoms with Crippen LogP contribution in [0.5, 0.6) is 0 Å². The molecule has 306 valence electrons. The first-order valence-corrected chi connectivity index (χ1v) is 22.3. The predicted octanol–water partition coefficient (Wildman–Crippen LogP) is 9.94. The van der Waals surface area contributed by atoms with Crippen molar-refractivity contribution in [2.24, 2.45) is 0 Å². The second kappa shape index (κ2) is 20.6. The van der Waals surface area contributed by atoms with E-state index in [0.29, 0.717) is 41.2 Å². The van der Waals surface area contributed by atoms with Gasteiger partial charge in [-0.3, -0.25) is 9.44 Å². The van der Waals surface area contributed by atoms with Gasteiger partial charge in [0.05, 0.1) is 20.9 Å². The third-order valence-electron chi connectivity index (χ3n) is 9.40. The lowest BCUT2D eigenvalue weighted by atomic mass is 10.00. The van der Waals surface area contributed by atoms with E-state index in [1.54, 1.807) is 72.8 Å². The summed E-state index contributed by atoms with van der Waals surface area (Å²) in [6.07, 6.45) is 5.81. The molecule has 0 aliphatic carbocycles. The summed E-state index contributed by atoms with van der Waals surface area (Å²) in [6.45, 7) is 2.13. The van der Waals surface area contributed by atoms with Crippen LogP contribution in [0, 0.1) is 0 Å². The van der Waals surface area contributed by atoms with Crippen molar-refractivity contribution in [3.63, 3.8) is 0 Å². The summed E-state index contributed by atoms with van der Waals surface area (Å²) >= 11 is 5.79. The molecule has 0 bridgehead atoms. The Bertz CT molecular complexity index is 2560. The van der Waals surface area contributed by atoms with Crippen molar-refractivity contribution >= 4 is 55.0 Å². The summed E-state index contributed by atoms with van der Waals surface area (Å²) in [7, 11) is -7.34. The van der Waals surface area contributed by atoms with Crippen LogP contribution in [-0.2, 0) is 52.2 Å². The monoisotopic (exact) mass is 852 g/mol. The minimum atomic E-state index is -3.69. The fraction of sp³-hybridized carbons (Fsp3) is 0.174. The molecule has 0 saturated heterocycles. The molecule has 6 aromatic rings. The van der Waals surface area contributed by atoms with Crippen LogP contribution in [0.2, 0.25) is 5.02 Å². The van der Waals surface area contributed by atoms with Crippen molar-refractivity contribution in [2.75, 3.05) is 9.44 Å². The Morgan fingerprint density at radius 3 is 1.63 bits per heavy atom. The molecule has 0 spiro atoms. The van der Waals surface area contributed by atoms with Crippen molar-refractivity contribution < 1.29 is 36.6 Å². The van der Waals surface area contributed by atoms with Gasteiger partial charge in [0.2, 0.25) is 0 Å². The molecule has 6 rings (SSSR count). The van der Waals surface area contributed by atoms with Crippen molar-refractivity contribution in [3.8, 4) is 0 Å². The smallest absolute Gasteiger partial charge is 0.335 e. The average molecular weight is 853 g/mol. The van der Waals surface area contributed by atoms with E-state index in [4.69, 9.17) is 16.7 Å². The van der Waals surface area contributed by atoms with Crippen LogP contribution in [0.4, 0.5) is 11.4 Å². The molecular formula is C46H45ClN2O8S2. The quantitative estimate of drug-likeness (QED) is 0.0704. The molecule has 0 aromatic heterocycles. The lowest BCUT2D eigenvalue weighted by Crippen LogP contribution is -2.13. The normalized spacial score (nSPS) is 11.2. The highest BCUT2D eigenvalue weighted by Crippen LogP contribution is 2.22. The van der Waals surface area contributed by atoms with Gasteiger partial charge in [-0.15, -0.1) is 0 Å². The molecule has 6 aromatic carbocycles. The van der Waals surface area contributed by atoms with Gasteiger partial charge in [-0.05, 0) is 145 Å². The zero-order valence-electron chi connectivity index (χ0n) is 32.3. The number of benzene rings is 6. The lowest BCUT2D eigenvalue weighted by molar-refractivity contribution is 0.0685. The maximum absolute atomic E-state index is 12.7. The van der Waals surface area contributed by atoms with Crippen LogP contribution in [-0.4, -0.2) is 39.0 Å². The molecule has 4 N–H and O–H groups in total. The number of unbranched alkanes of at least 4 members (excludes halogenated alkanes) is 1. The highest BCUT2D eigenvalue weighted by Gasteiger charge is 2.16. The summed E-state index contributed by atoms with van der Waals surface area (Å²) in [5.41, 5.74) is 6.44. The van der Waals surface area contributed by atoms with Gasteiger partial charge in [0.25, 0.3) is 20.0 Å². The van der Waals surface area contributed by atoms with Crippen LogP contribution in [0.3, 0.4) is 0 Å². The van der Waals surface area contributed by atoms with Crippen LogP contribution < -0.4 is 9.44 Å². The zero-order valence-corrected chi connectivity index (χ0v) is 34.7. The van der Waals surface area contributed by atoms with E-state index in [9.17, 15) is 31.5 Å². The molecule has 0 amide bonds. The van der Waals surface area contributed by atoms with Gasteiger partial charge < -0.3 is 10.2 Å². The number of aromatic carboxylic acids is 2. The highest BCUT2D eigenvalue weighted by atomic mass is 35.5. The number of sulfonamides is 2. The SMILES string of the molecule is CCCCc1ccc(S(=O)(=O)Nc2cccc(CCc3ccc(C(=O)O)cc3)c2)cc1.O=C(O)c1ccccc1CCc1ccc(NS(=O)(=O)c2ccc(Cl)cc2)cc1. The number of halogens is 1. The first-order valence-electron chi connectivity index (χ1n) is 18.9. The van der Waals surface area contributed by atoms with Gasteiger partial charge in [0.1, 0.15) is 0 Å². The fourth-order valence-electron chi connectivity index (χ4n) is 6.12. The van der Waals surface area contributed by atoms with Crippen molar-refractivity contribution in [1.82, 2.24) is 0 Å². The number of nitrogens with one attached hydrogen (secondary N) is 2. The largest absolute Gasteiger partial charge is 0.478 e. The van der Waals surface area contributed by atoms with Gasteiger partial charge in [0.15, 0.2) is 0 Å². The lowest BCUT2D eigenvalue weighted by Gasteiger charge is -2.10. The summed E-state index contributed by atoms with van der Waals surface area (Å²) in [4.78, 5) is 22.6. The van der Waals surface area contributed by atoms with E-state index in [-0.39, 0.29) is 15.4 Å². The summed E-state index contributed by atoms with van der Waals surface area (Å²) in [5.74, 6) is -1.88. The van der Waals surface area contributed by atoms with Crippen molar-refractivity contribution in [3.05, 3.63) is 190 Å². The van der Waals surface area contributed by atoms with Gasteiger partial charge in [-0.25, -0.2) is 26.4 Å². The van der Waals surface area contributed by atoms with E-state index < -0.39 is 32.0 Å². The van der Waals surface area contributed by atoms with Crippen LogP contribution >= 0.6 is 11.6 Å². The van der Waals surface area contributed by atoms with E-state index in [2.05, 4.69) is 16.4 Å². The topological polar surface area (TPSA) is 167 Å². The Balaban J connectivity index is 0.000000225. The first kappa shape index (κ1) is 44.2. The standard InChI is InChI=1S/C25H27NO4S.C21H18ClNO4S/c1-2-3-5-19-12-16-24(17-13-19)31(29,30)26-23-7-4-6-21(18-23)9-8-20-10-14-22(15-11-20)25(27)28;22-17-9-13-19(14-10-17)28(26,27)23-18-11-6-15(7-12-18)5-8-16-3-1-2-4-20(16)21(24)25/h4,6-7,10-18,26H,2-3,5,8-9H2,1H3,(H,27,28);1-4,6-7,9-14,23H,5,8H2,(H,24,25). The second-order valence-electron chi connectivity index (χ2n) is 13.8. The molecule has 13 heteroatoms. The number of hydrogen-bond acceptors (Lipinski definition) is 6. The fourth-order valence-corrected chi connectivity index (χ4v) is 8.35. The Kier molecular flexibility index (Phi) is 15.5. The summed E-state index contributed by atoms with van der Waals surface area (Å²) in [5, 5.41) is 18.7. The second-order valence-corrected chi connectivity index (χ2v) is 17.6. The molecule has 0 unspecified atom stereocenters. The Labute approximate surface area is 350 Å². The third kappa shape index (κ3) is 13.3. The van der Waals surface area contributed by atoms with Gasteiger partial charge in [0, 0.05) is 16.4 Å². The molecular weight excluding hydrogens is 808 g/mol. The number of aryl methyl sites for hydroxylation is 5. The number of anilines is 2. The molecule has 0 aliphatic rings. The van der Waals surface area contributed by atoms with Crippen molar-refractivity contribution in [2.45, 2.75) is 61.7 Å². The zero-order chi connectivity index (χ0) is 42.4. The van der Waals surface area contributed by atoms with Crippen LogP contribution in [0.25, 0.3) is 0 Å². The van der Waals surface area contributed by atoms with Crippen LogP contribution in [0.1, 0.15) is 68.3 Å². The van der Waals surface area contributed by atoms with Gasteiger partial charge in [-0.1, -0.05) is 91.7 Å². The molecule has 59 heavy (non-hydrogen) atoms. The minimum absolute atomic E-state index is 0.131. The Hall–Kier alpha value is -5.95. The average Bonchev–Trinajstić information content (AvgIpc) is 3.22. The van der Waals surface area contributed by atoms with Crippen LogP contribution in [0.15, 0.2) is 155 Å².